The predicted octanol–water partition coefficient (Wildman–Crippen LogP) is 2.98. The van der Waals surface area contributed by atoms with Gasteiger partial charge in [0.1, 0.15) is 11.4 Å². The molecule has 3 aromatic rings. The molecule has 0 saturated heterocycles. The summed E-state index contributed by atoms with van der Waals surface area (Å²) in [5.41, 5.74) is 1.37. The van der Waals surface area contributed by atoms with Crippen molar-refractivity contribution in [3.8, 4) is 5.75 Å². The van der Waals surface area contributed by atoms with Crippen LogP contribution in [0.3, 0.4) is 0 Å². The van der Waals surface area contributed by atoms with E-state index in [1.54, 1.807) is 42.5 Å². The standard InChI is InChI=1S/C20H21N3O3/c1-13(2)23(20(25)17-6-4-5-9-21-17)12-15-10-14-7-8-16(26-3)11-18(14)22-19(15)24/h4-11,13H,12H2,1-3H3,(H,22,24). The molecule has 0 aliphatic rings. The number of aromatic nitrogens is 2. The number of hydrogen-bond acceptors (Lipinski definition) is 4. The van der Waals surface area contributed by atoms with E-state index in [0.717, 1.165) is 5.39 Å². The Kier molecular flexibility index (Phi) is 5.02. The minimum absolute atomic E-state index is 0.0736. The second kappa shape index (κ2) is 7.39. The molecule has 1 amide bonds. The summed E-state index contributed by atoms with van der Waals surface area (Å²) in [4.78, 5) is 33.9. The van der Waals surface area contributed by atoms with Gasteiger partial charge in [-0.15, -0.1) is 0 Å². The second-order valence-corrected chi connectivity index (χ2v) is 6.32. The lowest BCUT2D eigenvalue weighted by Gasteiger charge is -2.26. The number of methoxy groups -OCH3 is 1. The molecule has 0 fully saturated rings. The summed E-state index contributed by atoms with van der Waals surface area (Å²) in [7, 11) is 1.58. The van der Waals surface area contributed by atoms with Gasteiger partial charge in [0.25, 0.3) is 11.5 Å². The van der Waals surface area contributed by atoms with Crippen molar-refractivity contribution in [1.29, 1.82) is 0 Å². The van der Waals surface area contributed by atoms with Crippen molar-refractivity contribution in [2.45, 2.75) is 26.4 Å². The number of carbonyl (C=O) groups is 1. The third-order valence-corrected chi connectivity index (χ3v) is 4.24. The second-order valence-electron chi connectivity index (χ2n) is 6.32. The van der Waals surface area contributed by atoms with Crippen LogP contribution in [0.15, 0.2) is 53.5 Å². The highest BCUT2D eigenvalue weighted by molar-refractivity contribution is 5.92. The van der Waals surface area contributed by atoms with E-state index in [4.69, 9.17) is 4.74 Å². The maximum Gasteiger partial charge on any atom is 0.272 e. The molecule has 6 heteroatoms. The third-order valence-electron chi connectivity index (χ3n) is 4.24. The van der Waals surface area contributed by atoms with Crippen LogP contribution in [0.1, 0.15) is 29.9 Å². The summed E-state index contributed by atoms with van der Waals surface area (Å²) < 4.78 is 5.19. The molecule has 0 aliphatic heterocycles. The van der Waals surface area contributed by atoms with Gasteiger partial charge in [0.15, 0.2) is 0 Å². The molecule has 0 aliphatic carbocycles. The van der Waals surface area contributed by atoms with Crippen LogP contribution in [0.4, 0.5) is 0 Å². The maximum absolute atomic E-state index is 12.8. The fraction of sp³-hybridized carbons (Fsp3) is 0.250. The van der Waals surface area contributed by atoms with Crippen LogP contribution in [0.5, 0.6) is 5.75 Å². The zero-order valence-electron chi connectivity index (χ0n) is 15.0. The number of amides is 1. The van der Waals surface area contributed by atoms with Crippen LogP contribution in [0.25, 0.3) is 10.9 Å². The van der Waals surface area contributed by atoms with Crippen LogP contribution in [0, 0.1) is 0 Å². The molecule has 134 valence electrons. The monoisotopic (exact) mass is 351 g/mol. The molecule has 0 bridgehead atoms. The normalized spacial score (nSPS) is 10.9. The molecule has 0 radical (unpaired) electrons. The van der Waals surface area contributed by atoms with E-state index in [1.165, 1.54) is 0 Å². The van der Waals surface area contributed by atoms with E-state index < -0.39 is 0 Å². The average molecular weight is 351 g/mol. The lowest BCUT2D eigenvalue weighted by Crippen LogP contribution is -2.38. The summed E-state index contributed by atoms with van der Waals surface area (Å²) >= 11 is 0. The number of pyridine rings is 2. The zero-order valence-corrected chi connectivity index (χ0v) is 15.0. The van der Waals surface area contributed by atoms with Gasteiger partial charge in [-0.3, -0.25) is 14.6 Å². The van der Waals surface area contributed by atoms with Gasteiger partial charge in [0.05, 0.1) is 19.2 Å². The van der Waals surface area contributed by atoms with E-state index in [0.29, 0.717) is 22.5 Å². The molecule has 2 aromatic heterocycles. The minimum Gasteiger partial charge on any atom is -0.497 e. The van der Waals surface area contributed by atoms with Gasteiger partial charge < -0.3 is 14.6 Å². The summed E-state index contributed by atoms with van der Waals surface area (Å²) in [6.45, 7) is 4.05. The summed E-state index contributed by atoms with van der Waals surface area (Å²) in [6.07, 6.45) is 1.59. The van der Waals surface area contributed by atoms with Crippen LogP contribution in [0.2, 0.25) is 0 Å². The lowest BCUT2D eigenvalue weighted by molar-refractivity contribution is 0.0683. The number of aromatic amines is 1. The van der Waals surface area contributed by atoms with Crippen LogP contribution in [-0.4, -0.2) is 33.9 Å². The van der Waals surface area contributed by atoms with Crippen molar-refractivity contribution in [1.82, 2.24) is 14.9 Å². The Labute approximate surface area is 151 Å². The van der Waals surface area contributed by atoms with Gasteiger partial charge in [0.2, 0.25) is 0 Å². The van der Waals surface area contributed by atoms with Gasteiger partial charge in [-0.25, -0.2) is 0 Å². The number of fused-ring (bicyclic) bond motifs is 1. The number of nitrogens with zero attached hydrogens (tertiary/aromatic N) is 2. The fourth-order valence-corrected chi connectivity index (χ4v) is 2.78. The highest BCUT2D eigenvalue weighted by Crippen LogP contribution is 2.19. The van der Waals surface area contributed by atoms with Crippen molar-refractivity contribution in [3.63, 3.8) is 0 Å². The van der Waals surface area contributed by atoms with Crippen LogP contribution < -0.4 is 10.3 Å². The Morgan fingerprint density at radius 2 is 2.04 bits per heavy atom. The third kappa shape index (κ3) is 3.59. The van der Waals surface area contributed by atoms with Crippen LogP contribution >= 0.6 is 0 Å². The Hall–Kier alpha value is -3.15. The van der Waals surface area contributed by atoms with Crippen molar-refractivity contribution >= 4 is 16.8 Å². The Balaban J connectivity index is 1.95. The van der Waals surface area contributed by atoms with Gasteiger partial charge in [0, 0.05) is 23.9 Å². The van der Waals surface area contributed by atoms with E-state index in [1.807, 2.05) is 32.0 Å². The topological polar surface area (TPSA) is 75.3 Å². The molecule has 0 saturated carbocycles. The van der Waals surface area contributed by atoms with Crippen molar-refractivity contribution < 1.29 is 9.53 Å². The van der Waals surface area contributed by atoms with Gasteiger partial charge >= 0.3 is 0 Å². The summed E-state index contributed by atoms with van der Waals surface area (Å²) in [5, 5.41) is 0.884. The van der Waals surface area contributed by atoms with Crippen molar-refractivity contribution in [2.24, 2.45) is 0 Å². The summed E-state index contributed by atoms with van der Waals surface area (Å²) in [5.74, 6) is 0.477. The Morgan fingerprint density at radius 3 is 2.69 bits per heavy atom. The molecule has 1 N–H and O–H groups in total. The Morgan fingerprint density at radius 1 is 1.23 bits per heavy atom. The Bertz CT molecular complexity index is 981. The highest BCUT2D eigenvalue weighted by Gasteiger charge is 2.21. The molecular weight excluding hydrogens is 330 g/mol. The smallest absolute Gasteiger partial charge is 0.272 e. The molecule has 1 aromatic carbocycles. The van der Waals surface area contributed by atoms with Crippen molar-refractivity contribution in [3.05, 3.63) is 70.3 Å². The van der Waals surface area contributed by atoms with E-state index in [-0.39, 0.29) is 24.1 Å². The molecule has 6 nitrogen and oxygen atoms in total. The maximum atomic E-state index is 12.8. The first-order chi connectivity index (χ1) is 12.5. The first kappa shape index (κ1) is 17.7. The van der Waals surface area contributed by atoms with Gasteiger partial charge in [-0.2, -0.15) is 0 Å². The number of ether oxygens (including phenoxy) is 1. The predicted molar refractivity (Wildman–Crippen MR) is 100 cm³/mol. The number of carbonyl (C=O) groups excluding carboxylic acids is 1. The minimum atomic E-state index is -0.217. The van der Waals surface area contributed by atoms with Gasteiger partial charge in [-0.1, -0.05) is 6.07 Å². The molecular formula is C20H21N3O3. The first-order valence-corrected chi connectivity index (χ1v) is 8.41. The average Bonchev–Trinajstić information content (AvgIpc) is 2.65. The van der Waals surface area contributed by atoms with E-state index in [2.05, 4.69) is 9.97 Å². The molecule has 0 spiro atoms. The molecule has 0 atom stereocenters. The SMILES string of the molecule is COc1ccc2cc(CN(C(=O)c3ccccn3)C(C)C)c(=O)[nH]c2c1. The number of hydrogen-bond donors (Lipinski definition) is 1. The molecule has 0 unspecified atom stereocenters. The van der Waals surface area contributed by atoms with E-state index in [9.17, 15) is 9.59 Å². The van der Waals surface area contributed by atoms with Crippen LogP contribution in [-0.2, 0) is 6.54 Å². The number of H-pyrrole nitrogens is 1. The first-order valence-electron chi connectivity index (χ1n) is 8.41. The highest BCUT2D eigenvalue weighted by atomic mass is 16.5. The lowest BCUT2D eigenvalue weighted by atomic mass is 10.1. The zero-order chi connectivity index (χ0) is 18.7. The molecule has 2 heterocycles. The van der Waals surface area contributed by atoms with Gasteiger partial charge in [-0.05, 0) is 49.6 Å². The van der Waals surface area contributed by atoms with Crippen molar-refractivity contribution in [2.75, 3.05) is 7.11 Å². The quantitative estimate of drug-likeness (QED) is 0.767. The number of rotatable bonds is 5. The molecule has 26 heavy (non-hydrogen) atoms. The molecule has 3 rings (SSSR count). The summed E-state index contributed by atoms with van der Waals surface area (Å²) in [6, 6.07) is 12.4. The number of benzene rings is 1. The fourth-order valence-electron chi connectivity index (χ4n) is 2.78. The van der Waals surface area contributed by atoms with E-state index >= 15 is 0 Å². The largest absolute Gasteiger partial charge is 0.497 e. The number of nitrogens with one attached hydrogen (secondary N) is 1.